The number of benzene rings is 2. The van der Waals surface area contributed by atoms with Crippen LogP contribution in [-0.2, 0) is 18.9 Å². The summed E-state index contributed by atoms with van der Waals surface area (Å²) < 4.78 is 3.05. The quantitative estimate of drug-likeness (QED) is 0.443. The Kier molecular flexibility index (Phi) is 4.40. The molecular weight excluding hydrogens is 336 g/mol. The molecule has 0 radical (unpaired) electrons. The number of non-ortho nitro benzene ring substituents is 1. The first-order valence-corrected chi connectivity index (χ1v) is 7.76. The maximum Gasteiger partial charge on any atom is 0.328 e. The Morgan fingerprint density at radius 3 is 2.38 bits per heavy atom. The van der Waals surface area contributed by atoms with Crippen molar-refractivity contribution >= 4 is 34.4 Å². The fourth-order valence-corrected chi connectivity index (χ4v) is 2.65. The molecule has 1 aromatic heterocycles. The molecule has 8 heteroatoms. The number of carbonyl (C=O) groups is 1. The van der Waals surface area contributed by atoms with E-state index >= 15 is 0 Å². The van der Waals surface area contributed by atoms with E-state index in [0.29, 0.717) is 11.3 Å². The Morgan fingerprint density at radius 2 is 1.73 bits per heavy atom. The number of nitro benzene ring substituents is 1. The van der Waals surface area contributed by atoms with Crippen LogP contribution in [0.5, 0.6) is 0 Å². The SMILES string of the molecule is Cn1c(=O)n(C)c2cc(NC(=O)C=Cc3ccc([N+](=O)[O-])cc3)ccc21. The fourth-order valence-electron chi connectivity index (χ4n) is 2.65. The molecule has 0 aliphatic heterocycles. The molecule has 2 aromatic carbocycles. The number of hydrogen-bond donors (Lipinski definition) is 1. The van der Waals surface area contributed by atoms with Crippen molar-refractivity contribution in [3.63, 3.8) is 0 Å². The van der Waals surface area contributed by atoms with E-state index < -0.39 is 4.92 Å². The highest BCUT2D eigenvalue weighted by Crippen LogP contribution is 2.18. The van der Waals surface area contributed by atoms with Crippen LogP contribution in [0.15, 0.2) is 53.3 Å². The number of fused-ring (bicyclic) bond motifs is 1. The summed E-state index contributed by atoms with van der Waals surface area (Å²) >= 11 is 0. The Morgan fingerprint density at radius 1 is 1.08 bits per heavy atom. The summed E-state index contributed by atoms with van der Waals surface area (Å²) in [5.74, 6) is -0.344. The Balaban J connectivity index is 1.75. The molecule has 0 unspecified atom stereocenters. The molecule has 132 valence electrons. The second kappa shape index (κ2) is 6.67. The summed E-state index contributed by atoms with van der Waals surface area (Å²) in [6.45, 7) is 0. The molecule has 3 rings (SSSR count). The molecule has 3 aromatic rings. The summed E-state index contributed by atoms with van der Waals surface area (Å²) in [7, 11) is 3.36. The molecule has 0 aliphatic carbocycles. The number of nitrogens with one attached hydrogen (secondary N) is 1. The van der Waals surface area contributed by atoms with Crippen molar-refractivity contribution in [1.29, 1.82) is 0 Å². The molecule has 0 bridgehead atoms. The Hall–Kier alpha value is -3.68. The molecule has 26 heavy (non-hydrogen) atoms. The number of rotatable bonds is 4. The van der Waals surface area contributed by atoms with E-state index in [-0.39, 0.29) is 17.3 Å². The van der Waals surface area contributed by atoms with Gasteiger partial charge in [-0.2, -0.15) is 0 Å². The van der Waals surface area contributed by atoms with Crippen molar-refractivity contribution in [1.82, 2.24) is 9.13 Å². The van der Waals surface area contributed by atoms with Gasteiger partial charge in [-0.3, -0.25) is 24.0 Å². The molecule has 0 saturated carbocycles. The van der Waals surface area contributed by atoms with Crippen LogP contribution in [0.3, 0.4) is 0 Å². The number of hydrogen-bond acceptors (Lipinski definition) is 4. The first-order valence-electron chi connectivity index (χ1n) is 7.76. The average Bonchev–Trinajstić information content (AvgIpc) is 2.84. The minimum Gasteiger partial charge on any atom is -0.322 e. The summed E-state index contributed by atoms with van der Waals surface area (Å²) in [6.07, 6.45) is 2.91. The third-order valence-electron chi connectivity index (χ3n) is 4.07. The number of amides is 1. The number of imidazole rings is 1. The van der Waals surface area contributed by atoms with Gasteiger partial charge in [0.15, 0.2) is 0 Å². The first kappa shape index (κ1) is 17.2. The summed E-state index contributed by atoms with van der Waals surface area (Å²) in [6, 6.07) is 11.1. The van der Waals surface area contributed by atoms with Crippen molar-refractivity contribution in [2.75, 3.05) is 5.32 Å². The lowest BCUT2D eigenvalue weighted by Gasteiger charge is -2.03. The van der Waals surface area contributed by atoms with E-state index in [0.717, 1.165) is 11.0 Å². The molecule has 1 amide bonds. The maximum absolute atomic E-state index is 12.1. The molecule has 0 spiro atoms. The monoisotopic (exact) mass is 352 g/mol. The van der Waals surface area contributed by atoms with E-state index in [4.69, 9.17) is 0 Å². The molecule has 0 saturated heterocycles. The predicted molar refractivity (Wildman–Crippen MR) is 98.9 cm³/mol. The van der Waals surface area contributed by atoms with Gasteiger partial charge in [-0.25, -0.2) is 4.79 Å². The van der Waals surface area contributed by atoms with Crippen LogP contribution in [0.25, 0.3) is 17.1 Å². The van der Waals surface area contributed by atoms with Crippen LogP contribution >= 0.6 is 0 Å². The van der Waals surface area contributed by atoms with E-state index in [9.17, 15) is 19.7 Å². The zero-order chi connectivity index (χ0) is 18.8. The van der Waals surface area contributed by atoms with Crippen LogP contribution in [0, 0.1) is 10.1 Å². The van der Waals surface area contributed by atoms with Gasteiger partial charge in [0.1, 0.15) is 0 Å². The van der Waals surface area contributed by atoms with Crippen LogP contribution in [0.4, 0.5) is 11.4 Å². The maximum atomic E-state index is 12.1. The Labute approximate surface area is 148 Å². The number of aromatic nitrogens is 2. The smallest absolute Gasteiger partial charge is 0.322 e. The van der Waals surface area contributed by atoms with Crippen LogP contribution in [0.2, 0.25) is 0 Å². The lowest BCUT2D eigenvalue weighted by Crippen LogP contribution is -2.19. The van der Waals surface area contributed by atoms with E-state index in [2.05, 4.69) is 5.32 Å². The van der Waals surface area contributed by atoms with Crippen LogP contribution in [-0.4, -0.2) is 20.0 Å². The largest absolute Gasteiger partial charge is 0.328 e. The topological polar surface area (TPSA) is 99.2 Å². The van der Waals surface area contributed by atoms with Gasteiger partial charge in [-0.1, -0.05) is 0 Å². The zero-order valence-electron chi connectivity index (χ0n) is 14.2. The molecule has 1 heterocycles. The second-order valence-electron chi connectivity index (χ2n) is 5.78. The van der Waals surface area contributed by atoms with E-state index in [1.165, 1.54) is 27.3 Å². The molecular formula is C18H16N4O4. The lowest BCUT2D eigenvalue weighted by atomic mass is 10.2. The van der Waals surface area contributed by atoms with Gasteiger partial charge >= 0.3 is 5.69 Å². The lowest BCUT2D eigenvalue weighted by molar-refractivity contribution is -0.384. The van der Waals surface area contributed by atoms with Crippen molar-refractivity contribution in [2.24, 2.45) is 14.1 Å². The number of nitrogens with zero attached hydrogens (tertiary/aromatic N) is 3. The zero-order valence-corrected chi connectivity index (χ0v) is 14.2. The number of aryl methyl sites for hydroxylation is 2. The van der Waals surface area contributed by atoms with E-state index in [1.807, 2.05) is 0 Å². The standard InChI is InChI=1S/C18H16N4O4/c1-20-15-9-6-13(11-16(15)21(2)18(20)24)19-17(23)10-5-12-3-7-14(8-4-12)22(25)26/h3-11H,1-2H3,(H,19,23). The fraction of sp³-hybridized carbons (Fsp3) is 0.111. The van der Waals surface area contributed by atoms with Gasteiger partial charge in [0, 0.05) is 38.0 Å². The third kappa shape index (κ3) is 3.25. The minimum atomic E-state index is -0.479. The van der Waals surface area contributed by atoms with Crippen molar-refractivity contribution < 1.29 is 9.72 Å². The summed E-state index contributed by atoms with van der Waals surface area (Å²) in [5.41, 5.74) is 2.59. The number of carbonyl (C=O) groups excluding carboxylic acids is 1. The molecule has 0 aliphatic rings. The Bertz CT molecular complexity index is 1090. The third-order valence-corrected chi connectivity index (χ3v) is 4.07. The van der Waals surface area contributed by atoms with Gasteiger partial charge in [0.2, 0.25) is 5.91 Å². The highest BCUT2D eigenvalue weighted by atomic mass is 16.6. The van der Waals surface area contributed by atoms with Crippen LogP contribution < -0.4 is 11.0 Å². The van der Waals surface area contributed by atoms with Gasteiger partial charge in [-0.15, -0.1) is 0 Å². The molecule has 0 fully saturated rings. The van der Waals surface area contributed by atoms with Crippen molar-refractivity contribution in [2.45, 2.75) is 0 Å². The molecule has 0 atom stereocenters. The van der Waals surface area contributed by atoms with Gasteiger partial charge in [0.05, 0.1) is 16.0 Å². The number of anilines is 1. The second-order valence-corrected chi connectivity index (χ2v) is 5.78. The highest BCUT2D eigenvalue weighted by molar-refractivity contribution is 6.02. The summed E-state index contributed by atoms with van der Waals surface area (Å²) in [5, 5.41) is 13.4. The van der Waals surface area contributed by atoms with Gasteiger partial charge in [0.25, 0.3) is 5.69 Å². The molecule has 8 nitrogen and oxygen atoms in total. The normalized spacial score (nSPS) is 11.2. The van der Waals surface area contributed by atoms with Crippen molar-refractivity contribution in [3.8, 4) is 0 Å². The number of nitro groups is 1. The van der Waals surface area contributed by atoms with Gasteiger partial charge < -0.3 is 5.32 Å². The first-order chi connectivity index (χ1) is 12.4. The summed E-state index contributed by atoms with van der Waals surface area (Å²) in [4.78, 5) is 34.1. The molecule has 1 N–H and O–H groups in total. The predicted octanol–water partition coefficient (Wildman–Crippen LogP) is 2.44. The van der Waals surface area contributed by atoms with Crippen molar-refractivity contribution in [3.05, 3.63) is 74.7 Å². The average molecular weight is 352 g/mol. The highest BCUT2D eigenvalue weighted by Gasteiger charge is 2.09. The van der Waals surface area contributed by atoms with Gasteiger partial charge in [-0.05, 0) is 42.0 Å². The van der Waals surface area contributed by atoms with E-state index in [1.54, 1.807) is 50.5 Å². The minimum absolute atomic E-state index is 0.00613. The van der Waals surface area contributed by atoms with Crippen LogP contribution in [0.1, 0.15) is 5.56 Å².